The molecule has 26 heavy (non-hydrogen) atoms. The van der Waals surface area contributed by atoms with E-state index in [1.807, 2.05) is 62.4 Å². The highest BCUT2D eigenvalue weighted by Crippen LogP contribution is 2.39. The van der Waals surface area contributed by atoms with Crippen molar-refractivity contribution in [2.75, 3.05) is 4.90 Å². The number of carbonyl (C=O) groups is 1. The number of hydrogen-bond acceptors (Lipinski definition) is 4. The molecule has 0 spiro atoms. The number of benzene rings is 2. The summed E-state index contributed by atoms with van der Waals surface area (Å²) in [5.74, 6) is 0.628. The predicted molar refractivity (Wildman–Crippen MR) is 101 cm³/mol. The number of para-hydroxylation sites is 1. The molecule has 0 aliphatic carbocycles. The van der Waals surface area contributed by atoms with Gasteiger partial charge in [-0.05, 0) is 44.2 Å². The van der Waals surface area contributed by atoms with Crippen LogP contribution in [0, 0.1) is 0 Å². The van der Waals surface area contributed by atoms with Crippen LogP contribution in [0.4, 0.5) is 5.69 Å². The summed E-state index contributed by atoms with van der Waals surface area (Å²) in [6, 6.07) is 15.2. The van der Waals surface area contributed by atoms with E-state index >= 15 is 0 Å². The Hall–Kier alpha value is -3.12. The van der Waals surface area contributed by atoms with E-state index in [1.165, 1.54) is 0 Å². The fourth-order valence-corrected chi connectivity index (χ4v) is 3.69. The normalized spacial score (nSPS) is 19.3. The van der Waals surface area contributed by atoms with Crippen molar-refractivity contribution in [1.82, 2.24) is 10.2 Å². The minimum Gasteiger partial charge on any atom is -0.454 e. The molecule has 2 aromatic carbocycles. The quantitative estimate of drug-likeness (QED) is 0.544. The first-order valence-electron chi connectivity index (χ1n) is 8.53. The molecule has 2 aromatic heterocycles. The van der Waals surface area contributed by atoms with Gasteiger partial charge in [0.2, 0.25) is 5.91 Å². The van der Waals surface area contributed by atoms with Crippen molar-refractivity contribution in [3.8, 4) is 11.5 Å². The van der Waals surface area contributed by atoms with Gasteiger partial charge in [0.15, 0.2) is 5.76 Å². The first kappa shape index (κ1) is 15.2. The highest BCUT2D eigenvalue weighted by molar-refractivity contribution is 6.08. The molecule has 4 aromatic rings. The lowest BCUT2D eigenvalue weighted by Gasteiger charge is -2.52. The zero-order valence-corrected chi connectivity index (χ0v) is 14.5. The van der Waals surface area contributed by atoms with Crippen LogP contribution < -0.4 is 10.6 Å². The van der Waals surface area contributed by atoms with E-state index in [0.717, 1.165) is 33.3 Å². The Morgan fingerprint density at radius 1 is 1.19 bits per heavy atom. The van der Waals surface area contributed by atoms with Crippen molar-refractivity contribution in [2.45, 2.75) is 25.4 Å². The minimum atomic E-state index is -0.475. The van der Waals surface area contributed by atoms with Gasteiger partial charge in [-0.15, -0.1) is 0 Å². The molecular formula is C20H18N4O2. The molecule has 0 unspecified atom stereocenters. The lowest BCUT2D eigenvalue weighted by molar-refractivity contribution is -0.128. The van der Waals surface area contributed by atoms with Crippen molar-refractivity contribution in [3.63, 3.8) is 0 Å². The molecule has 1 aliphatic rings. The number of anilines is 1. The van der Waals surface area contributed by atoms with Crippen LogP contribution in [0.15, 0.2) is 52.9 Å². The van der Waals surface area contributed by atoms with Crippen molar-refractivity contribution in [3.05, 3.63) is 48.5 Å². The number of fused-ring (bicyclic) bond motifs is 2. The third-order valence-corrected chi connectivity index (χ3v) is 5.29. The molecule has 1 atom stereocenters. The fourth-order valence-electron chi connectivity index (χ4n) is 3.69. The largest absolute Gasteiger partial charge is 0.454 e. The molecule has 1 fully saturated rings. The van der Waals surface area contributed by atoms with Crippen LogP contribution in [-0.2, 0) is 4.79 Å². The number of furan rings is 1. The van der Waals surface area contributed by atoms with Gasteiger partial charge in [0, 0.05) is 16.5 Å². The summed E-state index contributed by atoms with van der Waals surface area (Å²) in [6.07, 6.45) is 0. The average Bonchev–Trinajstić information content (AvgIpc) is 3.24. The lowest BCUT2D eigenvalue weighted by Crippen LogP contribution is -2.75. The molecule has 1 saturated heterocycles. The molecule has 1 aliphatic heterocycles. The van der Waals surface area contributed by atoms with E-state index in [9.17, 15) is 4.79 Å². The maximum absolute atomic E-state index is 12.3. The van der Waals surface area contributed by atoms with Gasteiger partial charge >= 0.3 is 0 Å². The second kappa shape index (κ2) is 4.95. The van der Waals surface area contributed by atoms with Crippen LogP contribution in [0.3, 0.4) is 0 Å². The third kappa shape index (κ3) is 1.90. The van der Waals surface area contributed by atoms with Crippen LogP contribution >= 0.6 is 0 Å². The highest BCUT2D eigenvalue weighted by atomic mass is 16.3. The number of aromatic amines is 1. The number of β-lactam (4-membered cyclic amide) rings is 1. The predicted octanol–water partition coefficient (Wildman–Crippen LogP) is 3.43. The second-order valence-electron chi connectivity index (χ2n) is 7.26. The maximum atomic E-state index is 12.3. The number of nitrogens with one attached hydrogen (secondary N) is 1. The summed E-state index contributed by atoms with van der Waals surface area (Å²) in [5, 5.41) is 9.40. The number of carbonyl (C=O) groups excluding carboxylic acids is 1. The molecule has 3 heterocycles. The second-order valence-corrected chi connectivity index (χ2v) is 7.26. The van der Waals surface area contributed by atoms with Gasteiger partial charge in [0.1, 0.15) is 17.3 Å². The fraction of sp³-hybridized carbons (Fsp3) is 0.200. The van der Waals surface area contributed by atoms with E-state index in [0.29, 0.717) is 5.76 Å². The number of hydrogen-bond donors (Lipinski definition) is 2. The molecule has 6 nitrogen and oxygen atoms in total. The number of nitrogens with two attached hydrogens (primary N) is 1. The smallest absolute Gasteiger partial charge is 0.246 e. The van der Waals surface area contributed by atoms with Crippen LogP contribution in [0.25, 0.3) is 33.3 Å². The molecule has 1 amide bonds. The highest BCUT2D eigenvalue weighted by Gasteiger charge is 2.52. The molecule has 6 heteroatoms. The van der Waals surface area contributed by atoms with Crippen LogP contribution in [0.2, 0.25) is 0 Å². The van der Waals surface area contributed by atoms with Gasteiger partial charge < -0.3 is 15.1 Å². The van der Waals surface area contributed by atoms with Crippen molar-refractivity contribution in [2.24, 2.45) is 5.73 Å². The van der Waals surface area contributed by atoms with Gasteiger partial charge in [-0.25, -0.2) is 0 Å². The van der Waals surface area contributed by atoms with Gasteiger partial charge in [-0.3, -0.25) is 9.89 Å². The van der Waals surface area contributed by atoms with E-state index in [2.05, 4.69) is 10.2 Å². The Balaban J connectivity index is 1.65. The van der Waals surface area contributed by atoms with Gasteiger partial charge in [-0.1, -0.05) is 18.2 Å². The summed E-state index contributed by atoms with van der Waals surface area (Å²) < 4.78 is 5.96. The first-order chi connectivity index (χ1) is 12.5. The summed E-state index contributed by atoms with van der Waals surface area (Å²) in [4.78, 5) is 14.0. The van der Waals surface area contributed by atoms with Crippen LogP contribution in [0.5, 0.6) is 0 Å². The zero-order chi connectivity index (χ0) is 18.1. The van der Waals surface area contributed by atoms with Crippen LogP contribution in [0.1, 0.15) is 13.8 Å². The van der Waals surface area contributed by atoms with Gasteiger partial charge in [0.25, 0.3) is 0 Å². The Kier molecular flexibility index (Phi) is 2.89. The maximum Gasteiger partial charge on any atom is 0.246 e. The lowest BCUT2D eigenvalue weighted by atomic mass is 9.82. The van der Waals surface area contributed by atoms with E-state index < -0.39 is 11.6 Å². The Morgan fingerprint density at radius 3 is 2.77 bits per heavy atom. The van der Waals surface area contributed by atoms with Crippen molar-refractivity contribution < 1.29 is 9.21 Å². The summed E-state index contributed by atoms with van der Waals surface area (Å²) in [6.45, 7) is 3.94. The monoisotopic (exact) mass is 346 g/mol. The summed E-state index contributed by atoms with van der Waals surface area (Å²) >= 11 is 0. The Morgan fingerprint density at radius 2 is 2.00 bits per heavy atom. The zero-order valence-electron chi connectivity index (χ0n) is 14.5. The third-order valence-electron chi connectivity index (χ3n) is 5.29. The minimum absolute atomic E-state index is 0.0665. The van der Waals surface area contributed by atoms with Crippen molar-refractivity contribution >= 4 is 33.5 Å². The molecule has 3 N–H and O–H groups in total. The van der Waals surface area contributed by atoms with E-state index in [4.69, 9.17) is 10.2 Å². The number of H-pyrrole nitrogens is 1. The van der Waals surface area contributed by atoms with E-state index in [1.54, 1.807) is 4.90 Å². The molecule has 0 bridgehead atoms. The molecule has 0 radical (unpaired) electrons. The molecule has 5 rings (SSSR count). The van der Waals surface area contributed by atoms with E-state index in [-0.39, 0.29) is 5.91 Å². The summed E-state index contributed by atoms with van der Waals surface area (Å²) in [5.41, 5.74) is 8.80. The SMILES string of the molecule is CC1(C)[C@@H](N)C(=O)N1c1ccc2[nH]nc(-c3cc4ccccc4o3)c2c1. The van der Waals surface area contributed by atoms with Crippen molar-refractivity contribution in [1.29, 1.82) is 0 Å². The average molecular weight is 346 g/mol. The number of nitrogens with zero attached hydrogens (tertiary/aromatic N) is 2. The number of amides is 1. The molecule has 130 valence electrons. The van der Waals surface area contributed by atoms with Gasteiger partial charge in [-0.2, -0.15) is 5.10 Å². The number of rotatable bonds is 2. The topological polar surface area (TPSA) is 88.2 Å². The number of aromatic nitrogens is 2. The Labute approximate surface area is 149 Å². The Bertz CT molecular complexity index is 1140. The van der Waals surface area contributed by atoms with Crippen LogP contribution in [-0.4, -0.2) is 27.7 Å². The van der Waals surface area contributed by atoms with Gasteiger partial charge in [0.05, 0.1) is 11.1 Å². The molecule has 0 saturated carbocycles. The summed E-state index contributed by atoms with van der Waals surface area (Å²) in [7, 11) is 0. The molecular weight excluding hydrogens is 328 g/mol. The standard InChI is InChI=1S/C20H18N4O2/c1-20(2)18(21)19(25)24(20)12-7-8-14-13(10-12)17(23-22-14)16-9-11-5-3-4-6-15(11)26-16/h3-10,18H,21H2,1-2H3,(H,22,23)/t18-/m0/s1. The first-order valence-corrected chi connectivity index (χ1v) is 8.53.